The van der Waals surface area contributed by atoms with Crippen molar-refractivity contribution in [2.45, 2.75) is 12.8 Å². The number of aromatic nitrogens is 7. The summed E-state index contributed by atoms with van der Waals surface area (Å²) in [6.07, 6.45) is 6.44. The summed E-state index contributed by atoms with van der Waals surface area (Å²) in [7, 11) is 0. The van der Waals surface area contributed by atoms with Crippen molar-refractivity contribution in [1.29, 1.82) is 0 Å². The van der Waals surface area contributed by atoms with Gasteiger partial charge in [0.1, 0.15) is 0 Å². The van der Waals surface area contributed by atoms with Gasteiger partial charge in [0.15, 0.2) is 5.82 Å². The average molecular weight is 820 g/mol. The molecule has 14 rings (SSSR count). The second-order valence-corrected chi connectivity index (χ2v) is 16.7. The van der Waals surface area contributed by atoms with Gasteiger partial charge in [-0.15, -0.1) is 0 Å². The van der Waals surface area contributed by atoms with Crippen molar-refractivity contribution in [3.8, 4) is 34.7 Å². The molecule has 1 aliphatic rings. The van der Waals surface area contributed by atoms with Crippen LogP contribution in [-0.2, 0) is 6.42 Å². The zero-order valence-corrected chi connectivity index (χ0v) is 34.6. The Labute approximate surface area is 367 Å². The summed E-state index contributed by atoms with van der Waals surface area (Å²) < 4.78 is 9.37. The number of aryl methyl sites for hydroxylation is 1. The number of fused-ring (bicyclic) bond motifs is 13. The Morgan fingerprint density at radius 1 is 0.359 bits per heavy atom. The highest BCUT2D eigenvalue weighted by Gasteiger charge is 2.27. The lowest BCUT2D eigenvalue weighted by molar-refractivity contribution is 0.867. The van der Waals surface area contributed by atoms with Gasteiger partial charge in [0, 0.05) is 54.6 Å². The molecule has 5 aromatic heterocycles. The molecule has 7 heteroatoms. The van der Waals surface area contributed by atoms with Crippen LogP contribution in [0.1, 0.15) is 17.7 Å². The number of nitrogens with zero attached hydrogens (tertiary/aromatic N) is 7. The van der Waals surface area contributed by atoms with Crippen LogP contribution in [0, 0.1) is 0 Å². The molecule has 0 bridgehead atoms. The van der Waals surface area contributed by atoms with Gasteiger partial charge in [0.25, 0.3) is 0 Å². The SMILES string of the molecule is C1=Cc2c(c3cc4c(cc3n2-c2nc(-c3ccccc3)nc(-n3c5ccccc5c5ccc6c7ccccc7n(-c7ccccc7)c6c53)n2)c2ccccc2n4-c2ccccc2)CC1. The fraction of sp³-hybridized carbons (Fsp3) is 0.0351. The summed E-state index contributed by atoms with van der Waals surface area (Å²) in [6, 6.07) is 67.1. The fourth-order valence-corrected chi connectivity index (χ4v) is 10.6. The summed E-state index contributed by atoms with van der Waals surface area (Å²) in [4.78, 5) is 16.5. The molecule has 0 fully saturated rings. The van der Waals surface area contributed by atoms with Crippen molar-refractivity contribution in [3.05, 3.63) is 205 Å². The topological polar surface area (TPSA) is 58.4 Å². The highest BCUT2D eigenvalue weighted by molar-refractivity contribution is 6.23. The van der Waals surface area contributed by atoms with Crippen molar-refractivity contribution < 1.29 is 0 Å². The molecular formula is C57H37N7. The largest absolute Gasteiger partial charge is 0.309 e. The minimum Gasteiger partial charge on any atom is -0.309 e. The third-order valence-electron chi connectivity index (χ3n) is 13.3. The molecule has 0 aliphatic heterocycles. The molecule has 0 spiro atoms. The molecule has 5 heterocycles. The molecule has 0 saturated heterocycles. The van der Waals surface area contributed by atoms with E-state index in [1.165, 1.54) is 43.5 Å². The molecule has 13 aromatic rings. The van der Waals surface area contributed by atoms with Crippen LogP contribution in [0.5, 0.6) is 0 Å². The van der Waals surface area contributed by atoms with Gasteiger partial charge in [0.2, 0.25) is 11.9 Å². The molecule has 64 heavy (non-hydrogen) atoms. The summed E-state index contributed by atoms with van der Waals surface area (Å²) in [6.45, 7) is 0. The van der Waals surface area contributed by atoms with Crippen molar-refractivity contribution in [1.82, 2.24) is 33.2 Å². The normalized spacial score (nSPS) is 12.8. The Morgan fingerprint density at radius 3 is 1.50 bits per heavy atom. The number of allylic oxidation sites excluding steroid dienone is 1. The van der Waals surface area contributed by atoms with Gasteiger partial charge in [-0.1, -0.05) is 140 Å². The van der Waals surface area contributed by atoms with Crippen LogP contribution < -0.4 is 0 Å². The molecular weight excluding hydrogens is 783 g/mol. The molecule has 0 N–H and O–H groups in total. The van der Waals surface area contributed by atoms with Gasteiger partial charge in [-0.25, -0.2) is 0 Å². The summed E-state index contributed by atoms with van der Waals surface area (Å²) in [5, 5.41) is 8.23. The van der Waals surface area contributed by atoms with E-state index >= 15 is 0 Å². The predicted molar refractivity (Wildman–Crippen MR) is 262 cm³/mol. The van der Waals surface area contributed by atoms with E-state index in [2.05, 4.69) is 212 Å². The maximum absolute atomic E-state index is 5.62. The van der Waals surface area contributed by atoms with Crippen molar-refractivity contribution in [3.63, 3.8) is 0 Å². The first kappa shape index (κ1) is 35.1. The molecule has 1 aliphatic carbocycles. The highest BCUT2D eigenvalue weighted by Crippen LogP contribution is 2.43. The molecule has 300 valence electrons. The van der Waals surface area contributed by atoms with E-state index in [4.69, 9.17) is 15.0 Å². The van der Waals surface area contributed by atoms with E-state index < -0.39 is 0 Å². The third-order valence-corrected chi connectivity index (χ3v) is 13.3. The van der Waals surface area contributed by atoms with Gasteiger partial charge in [0.05, 0.1) is 44.3 Å². The zero-order valence-electron chi connectivity index (χ0n) is 34.6. The maximum atomic E-state index is 5.62. The van der Waals surface area contributed by atoms with Crippen LogP contribution in [0.4, 0.5) is 0 Å². The molecule has 0 unspecified atom stereocenters. The molecule has 0 amide bonds. The molecule has 8 aromatic carbocycles. The first-order valence-corrected chi connectivity index (χ1v) is 21.9. The van der Waals surface area contributed by atoms with E-state index in [1.54, 1.807) is 0 Å². The van der Waals surface area contributed by atoms with Gasteiger partial charge < -0.3 is 9.13 Å². The monoisotopic (exact) mass is 819 g/mol. The zero-order chi connectivity index (χ0) is 41.9. The standard InChI is InChI=1S/C57H37N7/c1-4-18-36(19-5-1)55-58-56(63-49-30-16-13-27-42(49)46-34-51-45(35-52(46)63)41-26-12-14-28-47(41)61(51)37-20-6-2-7-21-37)60-57(59-55)64-50-31-17-11-25-40(50)44-33-32-43-39-24-10-15-29-48(39)62(53(43)54(44)64)38-22-8-3-9-23-38/h1-12,14-26,28-35H,13,27H2. The van der Waals surface area contributed by atoms with Crippen LogP contribution in [0.25, 0.3) is 117 Å². The van der Waals surface area contributed by atoms with Gasteiger partial charge in [-0.2, -0.15) is 15.0 Å². The molecule has 0 radical (unpaired) electrons. The van der Waals surface area contributed by atoms with Crippen LogP contribution in [-0.4, -0.2) is 33.2 Å². The number of benzene rings is 8. The molecule has 7 nitrogen and oxygen atoms in total. The Hall–Kier alpha value is -8.55. The number of rotatable bonds is 5. The number of hydrogen-bond donors (Lipinski definition) is 0. The van der Waals surface area contributed by atoms with E-state index in [9.17, 15) is 0 Å². The van der Waals surface area contributed by atoms with Crippen LogP contribution in [0.3, 0.4) is 0 Å². The minimum atomic E-state index is 0.560. The predicted octanol–water partition coefficient (Wildman–Crippen LogP) is 13.7. The van der Waals surface area contributed by atoms with Crippen LogP contribution in [0.2, 0.25) is 0 Å². The summed E-state index contributed by atoms with van der Waals surface area (Å²) in [5.41, 5.74) is 13.3. The first-order chi connectivity index (χ1) is 31.8. The van der Waals surface area contributed by atoms with E-state index in [0.717, 1.165) is 73.8 Å². The minimum absolute atomic E-state index is 0.560. The summed E-state index contributed by atoms with van der Waals surface area (Å²) in [5.74, 6) is 1.75. The quantitative estimate of drug-likeness (QED) is 0.174. The van der Waals surface area contributed by atoms with Gasteiger partial charge >= 0.3 is 0 Å². The Bertz CT molecular complexity index is 4060. The summed E-state index contributed by atoms with van der Waals surface area (Å²) >= 11 is 0. The first-order valence-electron chi connectivity index (χ1n) is 21.9. The van der Waals surface area contributed by atoms with Crippen molar-refractivity contribution in [2.24, 2.45) is 0 Å². The highest BCUT2D eigenvalue weighted by atomic mass is 15.3. The van der Waals surface area contributed by atoms with Gasteiger partial charge in [-0.3, -0.25) is 9.13 Å². The lowest BCUT2D eigenvalue weighted by Gasteiger charge is -2.15. The number of para-hydroxylation sites is 5. The lowest BCUT2D eigenvalue weighted by Crippen LogP contribution is -2.12. The van der Waals surface area contributed by atoms with Gasteiger partial charge in [-0.05, 0) is 79.1 Å². The molecule has 0 saturated carbocycles. The van der Waals surface area contributed by atoms with E-state index in [1.807, 2.05) is 6.07 Å². The van der Waals surface area contributed by atoms with Crippen molar-refractivity contribution >= 4 is 82.4 Å². The fourth-order valence-electron chi connectivity index (χ4n) is 10.6. The van der Waals surface area contributed by atoms with Crippen LogP contribution >= 0.6 is 0 Å². The lowest BCUT2D eigenvalue weighted by atomic mass is 10.00. The number of hydrogen-bond acceptors (Lipinski definition) is 3. The Balaban J connectivity index is 1.12. The third kappa shape index (κ3) is 4.94. The van der Waals surface area contributed by atoms with Crippen LogP contribution in [0.15, 0.2) is 194 Å². The Morgan fingerprint density at radius 2 is 0.844 bits per heavy atom. The van der Waals surface area contributed by atoms with Crippen molar-refractivity contribution in [2.75, 3.05) is 0 Å². The molecule has 0 atom stereocenters. The second-order valence-electron chi connectivity index (χ2n) is 16.7. The van der Waals surface area contributed by atoms with E-state index in [-0.39, 0.29) is 0 Å². The maximum Gasteiger partial charge on any atom is 0.240 e. The Kier molecular flexibility index (Phi) is 7.39. The smallest absolute Gasteiger partial charge is 0.240 e. The average Bonchev–Trinajstić information content (AvgIpc) is 4.09. The van der Waals surface area contributed by atoms with E-state index in [0.29, 0.717) is 17.7 Å². The second kappa shape index (κ2) is 13.5.